The van der Waals surface area contributed by atoms with E-state index in [1.54, 1.807) is 24.3 Å². The number of thiophene rings is 1. The fourth-order valence-corrected chi connectivity index (χ4v) is 4.69. The third kappa shape index (κ3) is 4.80. The number of amides is 3. The maximum absolute atomic E-state index is 12.4. The monoisotopic (exact) mass is 406 g/mol. The van der Waals surface area contributed by atoms with Crippen LogP contribution in [-0.2, 0) is 13.0 Å². The molecule has 0 aliphatic carbocycles. The molecule has 0 atom stereocenters. The Hall–Kier alpha value is -2.09. The highest BCUT2D eigenvalue weighted by atomic mass is 35.5. The Morgan fingerprint density at radius 2 is 1.96 bits per heavy atom. The Labute approximate surface area is 167 Å². The summed E-state index contributed by atoms with van der Waals surface area (Å²) in [5.41, 5.74) is 7.63. The largest absolute Gasteiger partial charge is 0.365 e. The van der Waals surface area contributed by atoms with Gasteiger partial charge in [0.05, 0.1) is 5.56 Å². The minimum atomic E-state index is -0.508. The SMILES string of the molecule is CC(C)CN1CCc2c(sc(NC(=O)Nc3ccc(Cl)cc3)c2C(N)=O)C1. The number of carbonyl (C=O) groups excluding carboxylic acids is 2. The quantitative estimate of drug-likeness (QED) is 0.696. The number of hydrogen-bond donors (Lipinski definition) is 3. The van der Waals surface area contributed by atoms with Gasteiger partial charge in [-0.15, -0.1) is 11.3 Å². The van der Waals surface area contributed by atoms with Crippen LogP contribution in [0, 0.1) is 5.92 Å². The molecule has 2 heterocycles. The van der Waals surface area contributed by atoms with Crippen molar-refractivity contribution < 1.29 is 9.59 Å². The number of nitrogens with two attached hydrogens (primary N) is 1. The van der Waals surface area contributed by atoms with Gasteiger partial charge in [-0.1, -0.05) is 25.4 Å². The van der Waals surface area contributed by atoms with Crippen LogP contribution in [0.5, 0.6) is 0 Å². The molecule has 3 amide bonds. The standard InChI is InChI=1S/C19H23ClN4O2S/c1-11(2)9-24-8-7-14-15(10-24)27-18(16(14)17(21)25)23-19(26)22-13-5-3-12(20)4-6-13/h3-6,11H,7-10H2,1-2H3,(H2,21,25)(H2,22,23,26). The summed E-state index contributed by atoms with van der Waals surface area (Å²) in [6.45, 7) is 7.04. The maximum Gasteiger partial charge on any atom is 0.324 e. The zero-order valence-corrected chi connectivity index (χ0v) is 16.9. The van der Waals surface area contributed by atoms with E-state index >= 15 is 0 Å². The summed E-state index contributed by atoms with van der Waals surface area (Å²) < 4.78 is 0. The highest BCUT2D eigenvalue weighted by Crippen LogP contribution is 2.37. The number of primary amides is 1. The van der Waals surface area contributed by atoms with Crippen molar-refractivity contribution in [2.75, 3.05) is 23.7 Å². The highest BCUT2D eigenvalue weighted by Gasteiger charge is 2.27. The Morgan fingerprint density at radius 3 is 2.59 bits per heavy atom. The van der Waals surface area contributed by atoms with Crippen LogP contribution < -0.4 is 16.4 Å². The van der Waals surface area contributed by atoms with Crippen LogP contribution in [0.4, 0.5) is 15.5 Å². The van der Waals surface area contributed by atoms with Crippen molar-refractivity contribution in [2.24, 2.45) is 11.7 Å². The minimum absolute atomic E-state index is 0.419. The zero-order chi connectivity index (χ0) is 19.6. The van der Waals surface area contributed by atoms with Gasteiger partial charge in [0.2, 0.25) is 0 Å². The van der Waals surface area contributed by atoms with E-state index in [-0.39, 0.29) is 0 Å². The maximum atomic E-state index is 12.4. The average Bonchev–Trinajstić information content (AvgIpc) is 2.93. The van der Waals surface area contributed by atoms with Crippen molar-refractivity contribution in [3.05, 3.63) is 45.3 Å². The second kappa shape index (κ2) is 8.29. The van der Waals surface area contributed by atoms with Gasteiger partial charge in [-0.25, -0.2) is 4.79 Å². The molecule has 6 nitrogen and oxygen atoms in total. The van der Waals surface area contributed by atoms with Crippen molar-refractivity contribution in [1.29, 1.82) is 0 Å². The van der Waals surface area contributed by atoms with E-state index in [9.17, 15) is 9.59 Å². The molecule has 2 aromatic rings. The van der Waals surface area contributed by atoms with Gasteiger partial charge in [0.1, 0.15) is 5.00 Å². The van der Waals surface area contributed by atoms with E-state index in [4.69, 9.17) is 17.3 Å². The first-order valence-electron chi connectivity index (χ1n) is 8.83. The van der Waals surface area contributed by atoms with Crippen LogP contribution in [0.2, 0.25) is 5.02 Å². The molecule has 27 heavy (non-hydrogen) atoms. The van der Waals surface area contributed by atoms with Gasteiger partial charge in [0.15, 0.2) is 0 Å². The van der Waals surface area contributed by atoms with E-state index in [0.29, 0.717) is 27.2 Å². The first-order valence-corrected chi connectivity index (χ1v) is 10.0. The summed E-state index contributed by atoms with van der Waals surface area (Å²) in [6, 6.07) is 6.39. The van der Waals surface area contributed by atoms with Gasteiger partial charge in [-0.3, -0.25) is 15.0 Å². The molecule has 0 radical (unpaired) electrons. The molecule has 1 aromatic heterocycles. The van der Waals surface area contributed by atoms with Crippen LogP contribution in [0.25, 0.3) is 0 Å². The summed E-state index contributed by atoms with van der Waals surface area (Å²) >= 11 is 7.28. The lowest BCUT2D eigenvalue weighted by atomic mass is 10.0. The van der Waals surface area contributed by atoms with E-state index in [1.807, 2.05) is 0 Å². The molecule has 3 rings (SSSR count). The first kappa shape index (κ1) is 19.7. The van der Waals surface area contributed by atoms with E-state index in [1.165, 1.54) is 11.3 Å². The molecular weight excluding hydrogens is 384 g/mol. The Balaban J connectivity index is 1.77. The molecule has 8 heteroatoms. The molecule has 0 saturated heterocycles. The highest BCUT2D eigenvalue weighted by molar-refractivity contribution is 7.17. The van der Waals surface area contributed by atoms with Crippen molar-refractivity contribution in [2.45, 2.75) is 26.8 Å². The summed E-state index contributed by atoms with van der Waals surface area (Å²) in [7, 11) is 0. The van der Waals surface area contributed by atoms with Crippen molar-refractivity contribution in [3.63, 3.8) is 0 Å². The van der Waals surface area contributed by atoms with Gasteiger partial charge >= 0.3 is 6.03 Å². The van der Waals surface area contributed by atoms with Crippen LogP contribution in [-0.4, -0.2) is 29.9 Å². The van der Waals surface area contributed by atoms with Crippen molar-refractivity contribution >= 4 is 45.6 Å². The summed E-state index contributed by atoms with van der Waals surface area (Å²) in [5.74, 6) is 0.0662. The number of carbonyl (C=O) groups is 2. The number of fused-ring (bicyclic) bond motifs is 1. The molecule has 0 spiro atoms. The second-order valence-corrected chi connectivity index (χ2v) is 8.58. The Bertz CT molecular complexity index is 848. The molecule has 0 saturated carbocycles. The van der Waals surface area contributed by atoms with Crippen molar-refractivity contribution in [1.82, 2.24) is 4.90 Å². The first-order chi connectivity index (χ1) is 12.8. The number of benzene rings is 1. The number of anilines is 2. The predicted octanol–water partition coefficient (Wildman–Crippen LogP) is 4.16. The third-order valence-corrected chi connectivity index (χ3v) is 5.72. The van der Waals surface area contributed by atoms with Gasteiger partial charge in [0, 0.05) is 35.2 Å². The van der Waals surface area contributed by atoms with Crippen LogP contribution in [0.15, 0.2) is 24.3 Å². The lowest BCUT2D eigenvalue weighted by Gasteiger charge is -2.28. The number of nitrogens with one attached hydrogen (secondary N) is 2. The van der Waals surface area contributed by atoms with E-state index in [2.05, 4.69) is 29.4 Å². The number of hydrogen-bond acceptors (Lipinski definition) is 4. The summed E-state index contributed by atoms with van der Waals surface area (Å²) in [4.78, 5) is 27.8. The molecular formula is C19H23ClN4O2S. The number of urea groups is 1. The number of halogens is 1. The molecule has 0 unspecified atom stereocenters. The number of nitrogens with zero attached hydrogens (tertiary/aromatic N) is 1. The van der Waals surface area contributed by atoms with Gasteiger partial charge in [0.25, 0.3) is 5.91 Å². The Morgan fingerprint density at radius 1 is 1.26 bits per heavy atom. The fraction of sp³-hybridized carbons (Fsp3) is 0.368. The predicted molar refractivity (Wildman–Crippen MR) is 111 cm³/mol. The van der Waals surface area contributed by atoms with E-state index < -0.39 is 11.9 Å². The summed E-state index contributed by atoms with van der Waals surface area (Å²) in [5, 5.41) is 6.61. The van der Waals surface area contributed by atoms with Gasteiger partial charge < -0.3 is 11.1 Å². The van der Waals surface area contributed by atoms with Crippen LogP contribution >= 0.6 is 22.9 Å². The lowest BCUT2D eigenvalue weighted by Crippen LogP contribution is -2.33. The number of rotatable bonds is 5. The third-order valence-electron chi connectivity index (χ3n) is 4.33. The molecule has 0 fully saturated rings. The van der Waals surface area contributed by atoms with Crippen LogP contribution in [0.1, 0.15) is 34.6 Å². The van der Waals surface area contributed by atoms with Crippen LogP contribution in [0.3, 0.4) is 0 Å². The Kier molecular flexibility index (Phi) is 6.04. The topological polar surface area (TPSA) is 87.5 Å². The zero-order valence-electron chi connectivity index (χ0n) is 15.3. The van der Waals surface area contributed by atoms with E-state index in [0.717, 1.165) is 36.5 Å². The molecule has 1 aliphatic rings. The molecule has 1 aliphatic heterocycles. The fourth-order valence-electron chi connectivity index (χ4n) is 3.28. The van der Waals surface area contributed by atoms with Gasteiger partial charge in [-0.05, 0) is 42.2 Å². The second-order valence-electron chi connectivity index (χ2n) is 7.04. The van der Waals surface area contributed by atoms with Crippen molar-refractivity contribution in [3.8, 4) is 0 Å². The lowest BCUT2D eigenvalue weighted by molar-refractivity contribution is 0.0999. The molecule has 144 valence electrons. The minimum Gasteiger partial charge on any atom is -0.365 e. The van der Waals surface area contributed by atoms with Gasteiger partial charge in [-0.2, -0.15) is 0 Å². The normalized spacial score (nSPS) is 14.1. The molecule has 0 bridgehead atoms. The summed E-state index contributed by atoms with van der Waals surface area (Å²) in [6.07, 6.45) is 0.761. The smallest absolute Gasteiger partial charge is 0.324 e. The molecule has 4 N–H and O–H groups in total. The average molecular weight is 407 g/mol. The molecule has 1 aromatic carbocycles.